The van der Waals surface area contributed by atoms with Crippen molar-refractivity contribution in [2.75, 3.05) is 13.2 Å². The van der Waals surface area contributed by atoms with Gasteiger partial charge in [0.05, 0.1) is 0 Å². The van der Waals surface area contributed by atoms with E-state index in [-0.39, 0.29) is 12.5 Å². The van der Waals surface area contributed by atoms with Crippen LogP contribution in [0.4, 0.5) is 0 Å². The summed E-state index contributed by atoms with van der Waals surface area (Å²) >= 11 is 0. The monoisotopic (exact) mass is 291 g/mol. The normalized spacial score (nSPS) is 18.0. The highest BCUT2D eigenvalue weighted by Gasteiger charge is 2.33. The molecule has 0 bridgehead atoms. The Balaban J connectivity index is 1.95. The van der Waals surface area contributed by atoms with Crippen LogP contribution in [0.3, 0.4) is 0 Å². The quantitative estimate of drug-likeness (QED) is 0.903. The van der Waals surface area contributed by atoms with E-state index in [4.69, 9.17) is 9.84 Å². The SMILES string of the molecule is CC(C)c1cccc(OCC(=O)N2CCCC2C(=O)O)c1. The minimum absolute atomic E-state index is 0.120. The van der Waals surface area contributed by atoms with Crippen LogP contribution in [0.2, 0.25) is 0 Å². The molecule has 5 heteroatoms. The number of benzene rings is 1. The summed E-state index contributed by atoms with van der Waals surface area (Å²) in [6.07, 6.45) is 1.25. The Bertz CT molecular complexity index is 527. The van der Waals surface area contributed by atoms with Gasteiger partial charge in [-0.05, 0) is 36.5 Å². The molecule has 0 radical (unpaired) electrons. The Labute approximate surface area is 124 Å². The first-order chi connectivity index (χ1) is 9.99. The molecule has 5 nitrogen and oxygen atoms in total. The van der Waals surface area contributed by atoms with E-state index in [1.807, 2.05) is 18.2 Å². The third-order valence-electron chi connectivity index (χ3n) is 3.75. The third-order valence-corrected chi connectivity index (χ3v) is 3.75. The maximum Gasteiger partial charge on any atom is 0.326 e. The summed E-state index contributed by atoms with van der Waals surface area (Å²) in [6.45, 7) is 4.55. The maximum absolute atomic E-state index is 12.1. The van der Waals surface area contributed by atoms with Gasteiger partial charge in [-0.15, -0.1) is 0 Å². The van der Waals surface area contributed by atoms with Gasteiger partial charge in [-0.3, -0.25) is 4.79 Å². The predicted molar refractivity (Wildman–Crippen MR) is 78.4 cm³/mol. The van der Waals surface area contributed by atoms with Crippen molar-refractivity contribution in [1.29, 1.82) is 0 Å². The molecule has 114 valence electrons. The van der Waals surface area contributed by atoms with Gasteiger partial charge in [0.15, 0.2) is 6.61 Å². The first kappa shape index (κ1) is 15.4. The summed E-state index contributed by atoms with van der Waals surface area (Å²) in [7, 11) is 0. The highest BCUT2D eigenvalue weighted by molar-refractivity contribution is 5.85. The lowest BCUT2D eigenvalue weighted by Crippen LogP contribution is -2.42. The number of ether oxygens (including phenoxy) is 1. The second kappa shape index (κ2) is 6.61. The van der Waals surface area contributed by atoms with Crippen LogP contribution < -0.4 is 4.74 Å². The van der Waals surface area contributed by atoms with E-state index < -0.39 is 12.0 Å². The van der Waals surface area contributed by atoms with Gasteiger partial charge in [0.2, 0.25) is 0 Å². The van der Waals surface area contributed by atoms with Gasteiger partial charge in [-0.2, -0.15) is 0 Å². The lowest BCUT2D eigenvalue weighted by molar-refractivity contribution is -0.148. The summed E-state index contributed by atoms with van der Waals surface area (Å²) in [5, 5.41) is 9.08. The molecule has 1 atom stereocenters. The molecule has 1 heterocycles. The standard InChI is InChI=1S/C16H21NO4/c1-11(2)12-5-3-6-13(9-12)21-10-15(18)17-8-4-7-14(17)16(19)20/h3,5-6,9,11,14H,4,7-8,10H2,1-2H3,(H,19,20). The van der Waals surface area contributed by atoms with Crippen molar-refractivity contribution in [2.45, 2.75) is 38.6 Å². The number of likely N-dealkylation sites (tertiary alicyclic amines) is 1. The fraction of sp³-hybridized carbons (Fsp3) is 0.500. The zero-order valence-electron chi connectivity index (χ0n) is 12.4. The van der Waals surface area contributed by atoms with Crippen molar-refractivity contribution in [2.24, 2.45) is 0 Å². The molecule has 1 unspecified atom stereocenters. The molecule has 0 aromatic heterocycles. The lowest BCUT2D eigenvalue weighted by Gasteiger charge is -2.21. The van der Waals surface area contributed by atoms with E-state index in [0.29, 0.717) is 24.6 Å². The highest BCUT2D eigenvalue weighted by Crippen LogP contribution is 2.21. The number of carboxylic acid groups (broad SMARTS) is 1. The van der Waals surface area contributed by atoms with Gasteiger partial charge in [0, 0.05) is 6.54 Å². The topological polar surface area (TPSA) is 66.8 Å². The largest absolute Gasteiger partial charge is 0.484 e. The molecule has 1 aliphatic heterocycles. The zero-order chi connectivity index (χ0) is 15.4. The molecule has 1 aromatic carbocycles. The second-order valence-corrected chi connectivity index (χ2v) is 5.60. The van der Waals surface area contributed by atoms with Crippen LogP contribution in [0.5, 0.6) is 5.75 Å². The number of carboxylic acids is 1. The van der Waals surface area contributed by atoms with Crippen molar-refractivity contribution < 1.29 is 19.4 Å². The molecule has 1 saturated heterocycles. The number of nitrogens with zero attached hydrogens (tertiary/aromatic N) is 1. The zero-order valence-corrected chi connectivity index (χ0v) is 12.4. The maximum atomic E-state index is 12.1. The molecule has 0 spiro atoms. The second-order valence-electron chi connectivity index (χ2n) is 5.60. The van der Waals surface area contributed by atoms with Gasteiger partial charge in [-0.1, -0.05) is 26.0 Å². The van der Waals surface area contributed by atoms with Gasteiger partial charge in [-0.25, -0.2) is 4.79 Å². The van der Waals surface area contributed by atoms with E-state index in [1.54, 1.807) is 6.07 Å². The van der Waals surface area contributed by atoms with Gasteiger partial charge < -0.3 is 14.7 Å². The predicted octanol–water partition coefficient (Wildman–Crippen LogP) is 2.26. The Morgan fingerprint density at radius 2 is 2.19 bits per heavy atom. The molecular formula is C16H21NO4. The Kier molecular flexibility index (Phi) is 4.83. The number of hydrogen-bond acceptors (Lipinski definition) is 3. The molecule has 0 saturated carbocycles. The van der Waals surface area contributed by atoms with Gasteiger partial charge in [0.25, 0.3) is 5.91 Å². The van der Waals surface area contributed by atoms with Crippen LogP contribution in [0.15, 0.2) is 24.3 Å². The summed E-state index contributed by atoms with van der Waals surface area (Å²) in [4.78, 5) is 24.6. The average Bonchev–Trinajstić information content (AvgIpc) is 2.94. The number of carbonyl (C=O) groups is 2. The number of aliphatic carboxylic acids is 1. The van der Waals surface area contributed by atoms with E-state index in [0.717, 1.165) is 12.0 Å². The van der Waals surface area contributed by atoms with E-state index in [9.17, 15) is 9.59 Å². The van der Waals surface area contributed by atoms with E-state index in [1.165, 1.54) is 4.90 Å². The molecule has 1 amide bonds. The minimum atomic E-state index is -0.942. The molecule has 2 rings (SSSR count). The van der Waals surface area contributed by atoms with Crippen LogP contribution in [0, 0.1) is 0 Å². The molecule has 1 aromatic rings. The Morgan fingerprint density at radius 3 is 2.86 bits per heavy atom. The minimum Gasteiger partial charge on any atom is -0.484 e. The first-order valence-electron chi connectivity index (χ1n) is 7.24. The van der Waals surface area contributed by atoms with Crippen LogP contribution in [-0.4, -0.2) is 41.1 Å². The highest BCUT2D eigenvalue weighted by atomic mass is 16.5. The van der Waals surface area contributed by atoms with E-state index in [2.05, 4.69) is 13.8 Å². The van der Waals surface area contributed by atoms with Crippen LogP contribution in [-0.2, 0) is 9.59 Å². The van der Waals surface area contributed by atoms with Crippen LogP contribution >= 0.6 is 0 Å². The average molecular weight is 291 g/mol. The fourth-order valence-electron chi connectivity index (χ4n) is 2.51. The van der Waals surface area contributed by atoms with Crippen molar-refractivity contribution in [3.63, 3.8) is 0 Å². The lowest BCUT2D eigenvalue weighted by atomic mass is 10.0. The van der Waals surface area contributed by atoms with Crippen molar-refractivity contribution in [3.05, 3.63) is 29.8 Å². The summed E-state index contributed by atoms with van der Waals surface area (Å²) in [5.74, 6) is -0.183. The number of amides is 1. The first-order valence-corrected chi connectivity index (χ1v) is 7.24. The molecule has 1 aliphatic rings. The fourth-order valence-corrected chi connectivity index (χ4v) is 2.51. The van der Waals surface area contributed by atoms with Crippen molar-refractivity contribution in [3.8, 4) is 5.75 Å². The number of carbonyl (C=O) groups excluding carboxylic acids is 1. The van der Waals surface area contributed by atoms with Crippen LogP contribution in [0.1, 0.15) is 38.2 Å². The summed E-state index contributed by atoms with van der Waals surface area (Å²) < 4.78 is 5.51. The Morgan fingerprint density at radius 1 is 1.43 bits per heavy atom. The van der Waals surface area contributed by atoms with E-state index >= 15 is 0 Å². The number of hydrogen-bond donors (Lipinski definition) is 1. The van der Waals surface area contributed by atoms with Gasteiger partial charge >= 0.3 is 5.97 Å². The molecule has 1 N–H and O–H groups in total. The van der Waals surface area contributed by atoms with Gasteiger partial charge in [0.1, 0.15) is 11.8 Å². The molecule has 21 heavy (non-hydrogen) atoms. The number of rotatable bonds is 5. The smallest absolute Gasteiger partial charge is 0.326 e. The Hall–Kier alpha value is -2.04. The summed E-state index contributed by atoms with van der Waals surface area (Å²) in [6, 6.07) is 6.92. The third kappa shape index (κ3) is 3.74. The molecular weight excluding hydrogens is 270 g/mol. The molecule has 0 aliphatic carbocycles. The molecule has 1 fully saturated rings. The summed E-state index contributed by atoms with van der Waals surface area (Å²) in [5.41, 5.74) is 1.14. The van der Waals surface area contributed by atoms with Crippen molar-refractivity contribution >= 4 is 11.9 Å². The van der Waals surface area contributed by atoms with Crippen molar-refractivity contribution in [1.82, 2.24) is 4.90 Å². The van der Waals surface area contributed by atoms with Crippen LogP contribution in [0.25, 0.3) is 0 Å².